The quantitative estimate of drug-likeness (QED) is 0.362. The molecule has 0 spiro atoms. The number of hydrazone groups is 1. The highest BCUT2D eigenvalue weighted by Crippen LogP contribution is 2.27. The van der Waals surface area contributed by atoms with Crippen LogP contribution in [0.5, 0.6) is 0 Å². The van der Waals surface area contributed by atoms with E-state index in [1.165, 1.54) is 28.7 Å². The summed E-state index contributed by atoms with van der Waals surface area (Å²) < 4.78 is 32.2. The van der Waals surface area contributed by atoms with Crippen molar-refractivity contribution in [3.05, 3.63) is 57.0 Å². The third-order valence-corrected chi connectivity index (χ3v) is 7.27. The van der Waals surface area contributed by atoms with Crippen molar-refractivity contribution in [2.24, 2.45) is 5.10 Å². The van der Waals surface area contributed by atoms with E-state index in [1.807, 2.05) is 0 Å². The monoisotopic (exact) mass is 506 g/mol. The summed E-state index contributed by atoms with van der Waals surface area (Å²) in [6.07, 6.45) is 1.51. The van der Waals surface area contributed by atoms with E-state index in [-0.39, 0.29) is 10.0 Å². The Morgan fingerprint density at radius 3 is 2.47 bits per heavy atom. The van der Waals surface area contributed by atoms with Crippen molar-refractivity contribution in [3.8, 4) is 0 Å². The molecular weight excluding hydrogens is 491 g/mol. The van der Waals surface area contributed by atoms with Gasteiger partial charge >= 0.3 is 0 Å². The molecule has 1 saturated heterocycles. The molecule has 1 aliphatic heterocycles. The topological polar surface area (TPSA) is 83.0 Å². The van der Waals surface area contributed by atoms with Crippen LogP contribution < -0.4 is 10.7 Å². The van der Waals surface area contributed by atoms with Crippen molar-refractivity contribution in [1.29, 1.82) is 0 Å². The van der Waals surface area contributed by atoms with Crippen LogP contribution in [0, 0.1) is 0 Å². The number of morpholine rings is 1. The number of nitrogens with one attached hydrogen (secondary N) is 2. The Morgan fingerprint density at radius 1 is 1.07 bits per heavy atom. The highest BCUT2D eigenvalue weighted by atomic mass is 35.5. The zero-order valence-electron chi connectivity index (χ0n) is 15.4. The van der Waals surface area contributed by atoms with E-state index in [1.54, 1.807) is 18.2 Å². The van der Waals surface area contributed by atoms with Crippen LogP contribution in [0.4, 0.5) is 5.69 Å². The molecule has 12 heteroatoms. The van der Waals surface area contributed by atoms with Crippen LogP contribution in [-0.4, -0.2) is 50.4 Å². The van der Waals surface area contributed by atoms with E-state index in [9.17, 15) is 8.42 Å². The first-order valence-corrected chi connectivity index (χ1v) is 11.7. The zero-order valence-corrected chi connectivity index (χ0v) is 19.3. The van der Waals surface area contributed by atoms with E-state index in [0.717, 1.165) is 5.56 Å². The van der Waals surface area contributed by atoms with Crippen LogP contribution in [0.2, 0.25) is 15.1 Å². The maximum Gasteiger partial charge on any atom is 0.243 e. The van der Waals surface area contributed by atoms with E-state index in [2.05, 4.69) is 15.8 Å². The van der Waals surface area contributed by atoms with Crippen LogP contribution in [0.1, 0.15) is 5.56 Å². The molecule has 7 nitrogen and oxygen atoms in total. The Morgan fingerprint density at radius 2 is 1.77 bits per heavy atom. The van der Waals surface area contributed by atoms with Gasteiger partial charge in [0.25, 0.3) is 0 Å². The van der Waals surface area contributed by atoms with Gasteiger partial charge in [-0.15, -0.1) is 0 Å². The summed E-state index contributed by atoms with van der Waals surface area (Å²) >= 11 is 23.2. The molecule has 2 aromatic rings. The SMILES string of the molecule is O=S(=O)(c1ccc(Cl)c(NC(=S)NN=Cc2ccc(Cl)c(Cl)c2)c1)N1CCOCC1. The number of ether oxygens (including phenoxy) is 1. The van der Waals surface area contributed by atoms with Crippen LogP contribution in [0.3, 0.4) is 0 Å². The highest BCUT2D eigenvalue weighted by molar-refractivity contribution is 7.89. The Bertz CT molecular complexity index is 1070. The fourth-order valence-corrected chi connectivity index (χ4v) is 4.67. The molecule has 0 amide bonds. The molecule has 1 aliphatic rings. The minimum Gasteiger partial charge on any atom is -0.379 e. The second kappa shape index (κ2) is 10.2. The van der Waals surface area contributed by atoms with Gasteiger partial charge in [0, 0.05) is 13.1 Å². The normalized spacial score (nSPS) is 15.3. The fourth-order valence-electron chi connectivity index (χ4n) is 2.61. The van der Waals surface area contributed by atoms with Crippen molar-refractivity contribution in [2.75, 3.05) is 31.6 Å². The van der Waals surface area contributed by atoms with Crippen LogP contribution in [0.15, 0.2) is 46.4 Å². The summed E-state index contributed by atoms with van der Waals surface area (Å²) in [5, 5.41) is 8.17. The summed E-state index contributed by atoms with van der Waals surface area (Å²) in [6.45, 7) is 1.33. The molecule has 0 atom stereocenters. The largest absolute Gasteiger partial charge is 0.379 e. The highest BCUT2D eigenvalue weighted by Gasteiger charge is 2.26. The summed E-state index contributed by atoms with van der Waals surface area (Å²) in [4.78, 5) is 0.110. The van der Waals surface area contributed by atoms with Gasteiger partial charge < -0.3 is 10.1 Å². The number of nitrogens with zero attached hydrogens (tertiary/aromatic N) is 2. The Kier molecular flexibility index (Phi) is 7.92. The van der Waals surface area contributed by atoms with Gasteiger partial charge in [-0.3, -0.25) is 5.43 Å². The number of sulfonamides is 1. The molecule has 1 fully saturated rings. The number of benzene rings is 2. The average molecular weight is 508 g/mol. The average Bonchev–Trinajstić information content (AvgIpc) is 2.73. The molecule has 2 aromatic carbocycles. The van der Waals surface area contributed by atoms with Crippen LogP contribution >= 0.6 is 47.0 Å². The van der Waals surface area contributed by atoms with Gasteiger partial charge in [-0.1, -0.05) is 40.9 Å². The first kappa shape index (κ1) is 23.2. The van der Waals surface area contributed by atoms with E-state index < -0.39 is 10.0 Å². The lowest BCUT2D eigenvalue weighted by molar-refractivity contribution is 0.0730. The maximum absolute atomic E-state index is 12.8. The van der Waals surface area contributed by atoms with Gasteiger partial charge in [-0.25, -0.2) is 8.42 Å². The van der Waals surface area contributed by atoms with Crippen molar-refractivity contribution < 1.29 is 13.2 Å². The molecule has 0 saturated carbocycles. The van der Waals surface area contributed by atoms with Crippen molar-refractivity contribution in [3.63, 3.8) is 0 Å². The predicted octanol–water partition coefficient (Wildman–Crippen LogP) is 3.99. The minimum absolute atomic E-state index is 0.110. The van der Waals surface area contributed by atoms with Gasteiger partial charge in [-0.2, -0.15) is 9.41 Å². The van der Waals surface area contributed by atoms with Crippen LogP contribution in [0.25, 0.3) is 0 Å². The molecule has 2 N–H and O–H groups in total. The third kappa shape index (κ3) is 5.82. The zero-order chi connectivity index (χ0) is 21.7. The lowest BCUT2D eigenvalue weighted by atomic mass is 10.2. The van der Waals surface area contributed by atoms with E-state index in [0.29, 0.717) is 47.1 Å². The van der Waals surface area contributed by atoms with Crippen molar-refractivity contribution >= 4 is 74.1 Å². The molecule has 3 rings (SSSR count). The molecule has 30 heavy (non-hydrogen) atoms. The molecule has 0 unspecified atom stereocenters. The van der Waals surface area contributed by atoms with Gasteiger partial charge in [0.1, 0.15) is 0 Å². The molecule has 0 bridgehead atoms. The van der Waals surface area contributed by atoms with E-state index in [4.69, 9.17) is 51.8 Å². The second-order valence-corrected chi connectivity index (χ2v) is 9.72. The smallest absolute Gasteiger partial charge is 0.243 e. The standard InChI is InChI=1S/C18H17Cl3N4O3S2/c19-14-3-1-12(9-16(14)21)11-22-24-18(29)23-17-10-13(2-4-15(17)20)30(26,27)25-5-7-28-8-6-25/h1-4,9-11H,5-8H2,(H2,23,24,29). The first-order chi connectivity index (χ1) is 14.3. The molecule has 160 valence electrons. The van der Waals surface area contributed by atoms with Crippen molar-refractivity contribution in [1.82, 2.24) is 9.73 Å². The fraction of sp³-hybridized carbons (Fsp3) is 0.222. The number of hydrogen-bond donors (Lipinski definition) is 2. The molecule has 0 radical (unpaired) electrons. The first-order valence-electron chi connectivity index (χ1n) is 8.70. The molecular formula is C18H17Cl3N4O3S2. The number of halogens is 3. The van der Waals surface area contributed by atoms with Gasteiger partial charge in [0.15, 0.2) is 5.11 Å². The van der Waals surface area contributed by atoms with Crippen molar-refractivity contribution in [2.45, 2.75) is 4.90 Å². The molecule has 0 aromatic heterocycles. The van der Waals surface area contributed by atoms with Crippen LogP contribution in [-0.2, 0) is 14.8 Å². The minimum atomic E-state index is -3.66. The number of anilines is 1. The number of thiocarbonyl (C=S) groups is 1. The summed E-state index contributed by atoms with van der Waals surface area (Å²) in [5.74, 6) is 0. The van der Waals surface area contributed by atoms with E-state index >= 15 is 0 Å². The maximum atomic E-state index is 12.8. The summed E-state index contributed by atoms with van der Waals surface area (Å²) in [7, 11) is -3.66. The van der Waals surface area contributed by atoms with Gasteiger partial charge in [-0.05, 0) is 48.1 Å². The second-order valence-electron chi connectivity index (χ2n) is 6.16. The summed E-state index contributed by atoms with van der Waals surface area (Å²) in [5.41, 5.74) is 3.70. The Labute approximate surface area is 195 Å². The third-order valence-electron chi connectivity index (χ3n) is 4.12. The van der Waals surface area contributed by atoms with Gasteiger partial charge in [0.05, 0.1) is 45.1 Å². The lowest BCUT2D eigenvalue weighted by Crippen LogP contribution is -2.40. The molecule has 1 heterocycles. The summed E-state index contributed by atoms with van der Waals surface area (Å²) in [6, 6.07) is 9.44. The lowest BCUT2D eigenvalue weighted by Gasteiger charge is -2.26. The predicted molar refractivity (Wildman–Crippen MR) is 124 cm³/mol. The molecule has 0 aliphatic carbocycles. The Balaban J connectivity index is 1.68. The Hall–Kier alpha value is -1.46. The van der Waals surface area contributed by atoms with Gasteiger partial charge in [0.2, 0.25) is 10.0 Å². The number of hydrogen-bond acceptors (Lipinski definition) is 5. The number of rotatable bonds is 5.